The third-order valence-electron chi connectivity index (χ3n) is 5.21. The van der Waals surface area contributed by atoms with Crippen LogP contribution in [0.4, 0.5) is 5.69 Å². The van der Waals surface area contributed by atoms with Gasteiger partial charge in [0.15, 0.2) is 5.11 Å². The van der Waals surface area contributed by atoms with Crippen molar-refractivity contribution in [2.24, 2.45) is 0 Å². The number of benzene rings is 2. The van der Waals surface area contributed by atoms with E-state index >= 15 is 0 Å². The van der Waals surface area contributed by atoms with Crippen molar-refractivity contribution < 1.29 is 0 Å². The summed E-state index contributed by atoms with van der Waals surface area (Å²) >= 11 is 5.81. The van der Waals surface area contributed by atoms with Crippen LogP contribution in [0.25, 0.3) is 10.9 Å². The molecule has 1 aromatic heterocycles. The maximum Gasteiger partial charge on any atom is 0.173 e. The molecule has 0 fully saturated rings. The van der Waals surface area contributed by atoms with Crippen LogP contribution in [-0.2, 0) is 13.1 Å². The number of para-hydroxylation sites is 1. The van der Waals surface area contributed by atoms with E-state index in [9.17, 15) is 0 Å². The summed E-state index contributed by atoms with van der Waals surface area (Å²) < 4.78 is 2.32. The van der Waals surface area contributed by atoms with Crippen LogP contribution in [0.1, 0.15) is 38.3 Å². The number of anilines is 1. The first-order chi connectivity index (χ1) is 13.0. The molecule has 0 aliphatic carbocycles. The number of nitrogens with zero attached hydrogens (tertiary/aromatic N) is 2. The van der Waals surface area contributed by atoms with Crippen molar-refractivity contribution in [2.45, 2.75) is 53.2 Å². The number of fused-ring (bicyclic) bond motifs is 1. The smallest absolute Gasteiger partial charge is 0.173 e. The third kappa shape index (κ3) is 4.33. The van der Waals surface area contributed by atoms with E-state index in [2.05, 4.69) is 97.2 Å². The standard InChI is InChI=1S/C23H29N3S/c1-5-18(4)26(23(27)24-20-11-9-10-17(3)14-20)16-19-15-25(6-2)22-13-8-7-12-21(19)22/h7-15,18H,5-6,16H2,1-4H3,(H,24,27). The van der Waals surface area contributed by atoms with E-state index in [0.29, 0.717) is 6.04 Å². The second-order valence-corrected chi connectivity index (χ2v) is 7.53. The van der Waals surface area contributed by atoms with Crippen LogP contribution in [0, 0.1) is 6.92 Å². The molecule has 0 saturated heterocycles. The Balaban J connectivity index is 1.89. The molecule has 1 N–H and O–H groups in total. The summed E-state index contributed by atoms with van der Waals surface area (Å²) in [6.45, 7) is 10.5. The van der Waals surface area contributed by atoms with Gasteiger partial charge in [-0.3, -0.25) is 0 Å². The summed E-state index contributed by atoms with van der Waals surface area (Å²) in [4.78, 5) is 2.30. The van der Waals surface area contributed by atoms with E-state index in [-0.39, 0.29) is 0 Å². The molecule has 142 valence electrons. The lowest BCUT2D eigenvalue weighted by Crippen LogP contribution is -2.40. The Morgan fingerprint density at radius 1 is 1.15 bits per heavy atom. The Labute approximate surface area is 168 Å². The van der Waals surface area contributed by atoms with Crippen LogP contribution in [0.2, 0.25) is 0 Å². The van der Waals surface area contributed by atoms with Gasteiger partial charge in [-0.15, -0.1) is 0 Å². The number of aromatic nitrogens is 1. The molecule has 0 saturated carbocycles. The lowest BCUT2D eigenvalue weighted by molar-refractivity contribution is 0.320. The predicted octanol–water partition coefficient (Wildman–Crippen LogP) is 5.97. The van der Waals surface area contributed by atoms with Gasteiger partial charge in [0, 0.05) is 41.9 Å². The Bertz CT molecular complexity index is 928. The number of nitrogens with one attached hydrogen (secondary N) is 1. The number of rotatable bonds is 6. The molecule has 1 atom stereocenters. The molecule has 0 aliphatic rings. The lowest BCUT2D eigenvalue weighted by atomic mass is 10.1. The largest absolute Gasteiger partial charge is 0.347 e. The van der Waals surface area contributed by atoms with E-state index in [1.807, 2.05) is 0 Å². The van der Waals surface area contributed by atoms with E-state index in [1.54, 1.807) is 0 Å². The first-order valence-electron chi connectivity index (χ1n) is 9.74. The maximum atomic E-state index is 5.81. The van der Waals surface area contributed by atoms with Crippen molar-refractivity contribution in [3.63, 3.8) is 0 Å². The quantitative estimate of drug-likeness (QED) is 0.533. The van der Waals surface area contributed by atoms with Crippen LogP contribution in [0.3, 0.4) is 0 Å². The van der Waals surface area contributed by atoms with Gasteiger partial charge in [0.25, 0.3) is 0 Å². The molecule has 3 aromatic rings. The number of aryl methyl sites for hydroxylation is 2. The van der Waals surface area contributed by atoms with E-state index in [1.165, 1.54) is 22.0 Å². The molecule has 27 heavy (non-hydrogen) atoms. The highest BCUT2D eigenvalue weighted by molar-refractivity contribution is 7.80. The van der Waals surface area contributed by atoms with Crippen molar-refractivity contribution in [1.82, 2.24) is 9.47 Å². The summed E-state index contributed by atoms with van der Waals surface area (Å²) in [5.41, 5.74) is 4.88. The van der Waals surface area contributed by atoms with Gasteiger partial charge in [-0.05, 0) is 68.7 Å². The molecule has 0 bridgehead atoms. The number of thiocarbonyl (C=S) groups is 1. The maximum absolute atomic E-state index is 5.81. The third-order valence-corrected chi connectivity index (χ3v) is 5.54. The second kappa shape index (κ2) is 8.57. The van der Waals surface area contributed by atoms with Gasteiger partial charge in [-0.2, -0.15) is 0 Å². The molecular formula is C23H29N3S. The summed E-state index contributed by atoms with van der Waals surface area (Å²) in [6.07, 6.45) is 3.32. The van der Waals surface area contributed by atoms with E-state index in [4.69, 9.17) is 12.2 Å². The minimum absolute atomic E-state index is 0.360. The molecule has 3 rings (SSSR count). The van der Waals surface area contributed by atoms with Crippen LogP contribution in [0.5, 0.6) is 0 Å². The molecule has 3 nitrogen and oxygen atoms in total. The van der Waals surface area contributed by atoms with E-state index < -0.39 is 0 Å². The molecular weight excluding hydrogens is 350 g/mol. The van der Waals surface area contributed by atoms with E-state index in [0.717, 1.165) is 30.3 Å². The molecule has 0 spiro atoms. The molecule has 1 heterocycles. The average Bonchev–Trinajstić information content (AvgIpc) is 3.03. The molecule has 2 aromatic carbocycles. The minimum Gasteiger partial charge on any atom is -0.347 e. The summed E-state index contributed by atoms with van der Waals surface area (Å²) in [7, 11) is 0. The zero-order chi connectivity index (χ0) is 19.4. The lowest BCUT2D eigenvalue weighted by Gasteiger charge is -2.31. The highest BCUT2D eigenvalue weighted by Crippen LogP contribution is 2.24. The Morgan fingerprint density at radius 2 is 1.93 bits per heavy atom. The van der Waals surface area contributed by atoms with Crippen LogP contribution in [-0.4, -0.2) is 20.6 Å². The fourth-order valence-corrected chi connectivity index (χ4v) is 3.82. The van der Waals surface area contributed by atoms with Crippen molar-refractivity contribution in [3.05, 3.63) is 65.9 Å². The van der Waals surface area contributed by atoms with Gasteiger partial charge in [-0.25, -0.2) is 0 Å². The van der Waals surface area contributed by atoms with Gasteiger partial charge in [0.05, 0.1) is 0 Å². The van der Waals surface area contributed by atoms with Gasteiger partial charge in [0.2, 0.25) is 0 Å². The second-order valence-electron chi connectivity index (χ2n) is 7.14. The highest BCUT2D eigenvalue weighted by atomic mass is 32.1. The average molecular weight is 380 g/mol. The molecule has 1 unspecified atom stereocenters. The summed E-state index contributed by atoms with van der Waals surface area (Å²) in [5.74, 6) is 0. The van der Waals surface area contributed by atoms with Crippen molar-refractivity contribution in [1.29, 1.82) is 0 Å². The zero-order valence-electron chi connectivity index (χ0n) is 16.7. The first kappa shape index (κ1) is 19.4. The zero-order valence-corrected chi connectivity index (χ0v) is 17.5. The number of hydrogen-bond acceptors (Lipinski definition) is 1. The molecule has 0 radical (unpaired) electrons. The normalized spacial score (nSPS) is 12.1. The Kier molecular flexibility index (Phi) is 6.17. The topological polar surface area (TPSA) is 20.2 Å². The summed E-state index contributed by atoms with van der Waals surface area (Å²) in [5, 5.41) is 5.53. The van der Waals surface area contributed by atoms with Crippen LogP contribution >= 0.6 is 12.2 Å². The summed E-state index contributed by atoms with van der Waals surface area (Å²) in [6, 6.07) is 17.3. The fourth-order valence-electron chi connectivity index (χ4n) is 3.46. The number of hydrogen-bond donors (Lipinski definition) is 1. The highest BCUT2D eigenvalue weighted by Gasteiger charge is 2.19. The Hall–Kier alpha value is -2.33. The Morgan fingerprint density at radius 3 is 2.63 bits per heavy atom. The molecule has 4 heteroatoms. The monoisotopic (exact) mass is 379 g/mol. The van der Waals surface area contributed by atoms with Crippen LogP contribution in [0.15, 0.2) is 54.7 Å². The van der Waals surface area contributed by atoms with Gasteiger partial charge in [-0.1, -0.05) is 37.3 Å². The molecule has 0 aliphatic heterocycles. The molecule has 0 amide bonds. The van der Waals surface area contributed by atoms with Crippen molar-refractivity contribution >= 4 is 33.9 Å². The van der Waals surface area contributed by atoms with Crippen molar-refractivity contribution in [3.8, 4) is 0 Å². The predicted molar refractivity (Wildman–Crippen MR) is 120 cm³/mol. The van der Waals surface area contributed by atoms with Gasteiger partial charge < -0.3 is 14.8 Å². The van der Waals surface area contributed by atoms with Gasteiger partial charge in [0.1, 0.15) is 0 Å². The first-order valence-corrected chi connectivity index (χ1v) is 10.1. The van der Waals surface area contributed by atoms with Crippen molar-refractivity contribution in [2.75, 3.05) is 5.32 Å². The van der Waals surface area contributed by atoms with Gasteiger partial charge >= 0.3 is 0 Å². The minimum atomic E-state index is 0.360. The SMILES string of the molecule is CCC(C)N(Cc1cn(CC)c2ccccc12)C(=S)Nc1cccc(C)c1. The fraction of sp³-hybridized carbons (Fsp3) is 0.348. The van der Waals surface area contributed by atoms with Crippen LogP contribution < -0.4 is 5.32 Å².